The fourth-order valence-corrected chi connectivity index (χ4v) is 2.82. The van der Waals surface area contributed by atoms with Gasteiger partial charge in [0.2, 0.25) is 0 Å². The number of hydrogen-bond acceptors (Lipinski definition) is 4. The van der Waals surface area contributed by atoms with Crippen LogP contribution in [0.25, 0.3) is 0 Å². The summed E-state index contributed by atoms with van der Waals surface area (Å²) in [6, 6.07) is 0. The Morgan fingerprint density at radius 1 is 1.32 bits per heavy atom. The molecule has 0 atom stereocenters. The number of carbonyl (C=O) groups is 1. The SMILES string of the molecule is Cc1n[nH]nc1C(=O)NC1(CN2CCCCC2)CC1. The summed E-state index contributed by atoms with van der Waals surface area (Å²) in [7, 11) is 0. The average molecular weight is 263 g/mol. The van der Waals surface area contributed by atoms with Crippen molar-refractivity contribution in [1.29, 1.82) is 0 Å². The zero-order chi connectivity index (χ0) is 13.3. The molecule has 0 unspecified atom stereocenters. The molecule has 2 aliphatic rings. The number of likely N-dealkylation sites (tertiary alicyclic amines) is 1. The van der Waals surface area contributed by atoms with Crippen molar-refractivity contribution in [1.82, 2.24) is 25.6 Å². The quantitative estimate of drug-likeness (QED) is 0.845. The summed E-state index contributed by atoms with van der Waals surface area (Å²) in [6.07, 6.45) is 6.06. The highest BCUT2D eigenvalue weighted by Gasteiger charge is 2.45. The molecular formula is C13H21N5O. The van der Waals surface area contributed by atoms with Crippen LogP contribution >= 0.6 is 0 Å². The number of nitrogens with one attached hydrogen (secondary N) is 2. The van der Waals surface area contributed by atoms with Crippen LogP contribution < -0.4 is 5.32 Å². The molecule has 0 bridgehead atoms. The normalized spacial score (nSPS) is 22.2. The van der Waals surface area contributed by atoms with Crippen molar-refractivity contribution in [3.8, 4) is 0 Å². The third-order valence-corrected chi connectivity index (χ3v) is 4.14. The Morgan fingerprint density at radius 2 is 2.05 bits per heavy atom. The van der Waals surface area contributed by atoms with Crippen molar-refractivity contribution in [2.45, 2.75) is 44.6 Å². The number of hydrogen-bond donors (Lipinski definition) is 2. The lowest BCUT2D eigenvalue weighted by Crippen LogP contribution is -2.47. The van der Waals surface area contributed by atoms with E-state index in [4.69, 9.17) is 0 Å². The molecular weight excluding hydrogens is 242 g/mol. The number of rotatable bonds is 4. The van der Waals surface area contributed by atoms with Gasteiger partial charge in [-0.2, -0.15) is 15.4 Å². The van der Waals surface area contributed by atoms with E-state index in [2.05, 4.69) is 25.6 Å². The minimum Gasteiger partial charge on any atom is -0.344 e. The highest BCUT2D eigenvalue weighted by Crippen LogP contribution is 2.37. The Hall–Kier alpha value is -1.43. The average Bonchev–Trinajstić information content (AvgIpc) is 3.00. The molecule has 0 radical (unpaired) electrons. The minimum absolute atomic E-state index is 0.0141. The topological polar surface area (TPSA) is 73.9 Å². The molecule has 2 fully saturated rings. The summed E-state index contributed by atoms with van der Waals surface area (Å²) < 4.78 is 0. The Bertz CT molecular complexity index is 459. The molecule has 6 nitrogen and oxygen atoms in total. The molecule has 2 N–H and O–H groups in total. The molecule has 1 aromatic heterocycles. The van der Waals surface area contributed by atoms with Crippen LogP contribution in [0.4, 0.5) is 0 Å². The zero-order valence-electron chi connectivity index (χ0n) is 11.4. The molecule has 1 aromatic rings. The molecule has 1 amide bonds. The highest BCUT2D eigenvalue weighted by molar-refractivity contribution is 5.93. The molecule has 1 saturated carbocycles. The van der Waals surface area contributed by atoms with Crippen LogP contribution in [0.2, 0.25) is 0 Å². The molecule has 0 aromatic carbocycles. The van der Waals surface area contributed by atoms with Crippen molar-refractivity contribution in [2.75, 3.05) is 19.6 Å². The largest absolute Gasteiger partial charge is 0.344 e. The first-order valence-corrected chi connectivity index (χ1v) is 7.11. The second-order valence-electron chi connectivity index (χ2n) is 5.83. The maximum atomic E-state index is 12.2. The van der Waals surface area contributed by atoms with Gasteiger partial charge in [-0.25, -0.2) is 0 Å². The number of amides is 1. The molecule has 2 heterocycles. The van der Waals surface area contributed by atoms with Gasteiger partial charge in [-0.05, 0) is 45.7 Å². The van der Waals surface area contributed by atoms with Gasteiger partial charge in [0.1, 0.15) is 0 Å². The monoisotopic (exact) mass is 263 g/mol. The summed E-state index contributed by atoms with van der Waals surface area (Å²) in [5.41, 5.74) is 1.07. The van der Waals surface area contributed by atoms with E-state index < -0.39 is 0 Å². The van der Waals surface area contributed by atoms with Gasteiger partial charge in [0.05, 0.1) is 11.2 Å². The Kier molecular flexibility index (Phi) is 3.26. The van der Waals surface area contributed by atoms with E-state index in [1.807, 2.05) is 0 Å². The van der Waals surface area contributed by atoms with E-state index >= 15 is 0 Å². The van der Waals surface area contributed by atoms with Crippen LogP contribution in [0, 0.1) is 6.92 Å². The van der Waals surface area contributed by atoms with Crippen molar-refractivity contribution >= 4 is 5.91 Å². The van der Waals surface area contributed by atoms with Crippen LogP contribution in [-0.2, 0) is 0 Å². The Morgan fingerprint density at radius 3 is 2.63 bits per heavy atom. The Balaban J connectivity index is 1.59. The summed E-state index contributed by atoms with van der Waals surface area (Å²) in [5, 5.41) is 13.5. The smallest absolute Gasteiger partial charge is 0.274 e. The first-order chi connectivity index (χ1) is 9.19. The van der Waals surface area contributed by atoms with Crippen LogP contribution in [0.15, 0.2) is 0 Å². The predicted octanol–water partition coefficient (Wildman–Crippen LogP) is 0.861. The third-order valence-electron chi connectivity index (χ3n) is 4.14. The molecule has 1 saturated heterocycles. The van der Waals surface area contributed by atoms with Crippen molar-refractivity contribution in [3.05, 3.63) is 11.4 Å². The van der Waals surface area contributed by atoms with Gasteiger partial charge in [0.25, 0.3) is 5.91 Å². The van der Waals surface area contributed by atoms with Crippen LogP contribution in [0.3, 0.4) is 0 Å². The molecule has 3 rings (SSSR count). The van der Waals surface area contributed by atoms with Crippen LogP contribution in [-0.4, -0.2) is 51.4 Å². The first-order valence-electron chi connectivity index (χ1n) is 7.11. The van der Waals surface area contributed by atoms with Gasteiger partial charge >= 0.3 is 0 Å². The van der Waals surface area contributed by atoms with Gasteiger partial charge in [0.15, 0.2) is 5.69 Å². The number of H-pyrrole nitrogens is 1. The highest BCUT2D eigenvalue weighted by atomic mass is 16.2. The Labute approximate surface area is 112 Å². The molecule has 1 aliphatic carbocycles. The lowest BCUT2D eigenvalue weighted by atomic mass is 10.1. The number of nitrogens with zero attached hydrogens (tertiary/aromatic N) is 3. The summed E-state index contributed by atoms with van der Waals surface area (Å²) in [5.74, 6) is -0.0965. The van der Waals surface area contributed by atoms with E-state index in [-0.39, 0.29) is 11.4 Å². The minimum atomic E-state index is -0.0965. The second kappa shape index (κ2) is 4.92. The fourth-order valence-electron chi connectivity index (χ4n) is 2.82. The van der Waals surface area contributed by atoms with E-state index in [1.54, 1.807) is 6.92 Å². The summed E-state index contributed by atoms with van der Waals surface area (Å²) >= 11 is 0. The van der Waals surface area contributed by atoms with Crippen molar-refractivity contribution < 1.29 is 4.79 Å². The third kappa shape index (κ3) is 2.78. The number of aromatic amines is 1. The molecule has 19 heavy (non-hydrogen) atoms. The maximum absolute atomic E-state index is 12.2. The zero-order valence-corrected chi connectivity index (χ0v) is 11.4. The number of carbonyl (C=O) groups excluding carboxylic acids is 1. The van der Waals surface area contributed by atoms with E-state index in [9.17, 15) is 4.79 Å². The second-order valence-corrected chi connectivity index (χ2v) is 5.83. The van der Waals surface area contributed by atoms with Crippen molar-refractivity contribution in [2.24, 2.45) is 0 Å². The fraction of sp³-hybridized carbons (Fsp3) is 0.769. The number of aromatic nitrogens is 3. The van der Waals surface area contributed by atoms with Gasteiger partial charge in [0, 0.05) is 6.54 Å². The van der Waals surface area contributed by atoms with E-state index in [0.29, 0.717) is 11.4 Å². The molecule has 6 heteroatoms. The summed E-state index contributed by atoms with van der Waals surface area (Å²) in [4.78, 5) is 14.7. The van der Waals surface area contributed by atoms with E-state index in [1.165, 1.54) is 32.4 Å². The molecule has 1 aliphatic heterocycles. The summed E-state index contributed by atoms with van der Waals surface area (Å²) in [6.45, 7) is 5.11. The molecule has 0 spiro atoms. The number of aryl methyl sites for hydroxylation is 1. The van der Waals surface area contributed by atoms with Gasteiger partial charge < -0.3 is 10.2 Å². The lowest BCUT2D eigenvalue weighted by Gasteiger charge is -2.30. The standard InChI is InChI=1S/C13H21N5O/c1-10-11(16-17-15-10)12(19)14-13(5-6-13)9-18-7-3-2-4-8-18/h2-9H2,1H3,(H,14,19)(H,15,16,17). The van der Waals surface area contributed by atoms with Gasteiger partial charge in [-0.3, -0.25) is 4.79 Å². The van der Waals surface area contributed by atoms with Crippen molar-refractivity contribution in [3.63, 3.8) is 0 Å². The predicted molar refractivity (Wildman–Crippen MR) is 70.8 cm³/mol. The van der Waals surface area contributed by atoms with Crippen LogP contribution in [0.1, 0.15) is 48.3 Å². The van der Waals surface area contributed by atoms with Crippen LogP contribution in [0.5, 0.6) is 0 Å². The van der Waals surface area contributed by atoms with E-state index in [0.717, 1.165) is 19.4 Å². The first kappa shape index (κ1) is 12.6. The van der Waals surface area contributed by atoms with Gasteiger partial charge in [-0.15, -0.1) is 0 Å². The molecule has 104 valence electrons. The maximum Gasteiger partial charge on any atom is 0.274 e. The number of piperidine rings is 1. The lowest BCUT2D eigenvalue weighted by molar-refractivity contribution is 0.0905. The van der Waals surface area contributed by atoms with Gasteiger partial charge in [-0.1, -0.05) is 6.42 Å².